The highest BCUT2D eigenvalue weighted by molar-refractivity contribution is 6.00. The number of nitrogens with zero attached hydrogens (tertiary/aromatic N) is 2. The van der Waals surface area contributed by atoms with Crippen molar-refractivity contribution in [3.8, 4) is 17.4 Å². The van der Waals surface area contributed by atoms with Crippen molar-refractivity contribution in [3.63, 3.8) is 0 Å². The fourth-order valence-electron chi connectivity index (χ4n) is 2.71. The molecule has 0 saturated carbocycles. The summed E-state index contributed by atoms with van der Waals surface area (Å²) >= 11 is 0. The zero-order valence-electron chi connectivity index (χ0n) is 15.6. The van der Waals surface area contributed by atoms with Crippen LogP contribution < -0.4 is 14.8 Å². The van der Waals surface area contributed by atoms with Gasteiger partial charge in [-0.15, -0.1) is 0 Å². The number of rotatable bonds is 2. The molecule has 3 rings (SSSR count). The Hall–Kier alpha value is -2.56. The lowest BCUT2D eigenvalue weighted by Crippen LogP contribution is -2.29. The number of hydrogen-bond acceptors (Lipinski definition) is 5. The quantitative estimate of drug-likeness (QED) is 0.868. The second kappa shape index (κ2) is 9.22. The Bertz CT molecular complexity index is 744. The van der Waals surface area contributed by atoms with Crippen LogP contribution in [-0.4, -0.2) is 30.5 Å². The molecule has 0 radical (unpaired) electrons. The minimum atomic E-state index is 0.525. The molecule has 5 heteroatoms. The van der Waals surface area contributed by atoms with Gasteiger partial charge < -0.3 is 14.8 Å². The van der Waals surface area contributed by atoms with Gasteiger partial charge in [0.05, 0.1) is 12.2 Å². The summed E-state index contributed by atoms with van der Waals surface area (Å²) in [6.07, 6.45) is 4.86. The average Bonchev–Trinajstić information content (AvgIpc) is 2.66. The molecule has 1 N–H and O–H groups in total. The van der Waals surface area contributed by atoms with Crippen LogP contribution in [0.1, 0.15) is 38.7 Å². The lowest BCUT2D eigenvalue weighted by atomic mass is 10.2. The van der Waals surface area contributed by atoms with E-state index in [1.807, 2.05) is 36.4 Å². The number of ether oxygens (including phenoxy) is 2. The van der Waals surface area contributed by atoms with Gasteiger partial charge in [-0.3, -0.25) is 4.99 Å². The first kappa shape index (κ1) is 18.2. The monoisotopic (exact) mass is 353 g/mol. The van der Waals surface area contributed by atoms with E-state index in [1.54, 1.807) is 6.20 Å². The minimum Gasteiger partial charge on any atom is -0.490 e. The first-order valence-corrected chi connectivity index (χ1v) is 9.37. The fraction of sp³-hybridized carbons (Fsp3) is 0.429. The molecule has 138 valence electrons. The summed E-state index contributed by atoms with van der Waals surface area (Å²) in [6, 6.07) is 11.6. The number of hydrogen-bond donors (Lipinski definition) is 1. The first-order chi connectivity index (χ1) is 12.7. The second-order valence-corrected chi connectivity index (χ2v) is 6.82. The Kier molecular flexibility index (Phi) is 6.47. The third kappa shape index (κ3) is 4.97. The van der Waals surface area contributed by atoms with E-state index in [0.717, 1.165) is 49.5 Å². The smallest absolute Gasteiger partial charge is 0.230 e. The van der Waals surface area contributed by atoms with E-state index in [0.29, 0.717) is 24.2 Å². The van der Waals surface area contributed by atoms with Gasteiger partial charge in [-0.25, -0.2) is 4.98 Å². The maximum absolute atomic E-state index is 6.14. The SMILES string of the molecule is CC(C)CNC1=NCCCCCOc2ccccc2Oc2ncccc21. The molecule has 1 aromatic carbocycles. The lowest BCUT2D eigenvalue weighted by Gasteiger charge is -2.16. The molecule has 0 fully saturated rings. The average molecular weight is 353 g/mol. The Balaban J connectivity index is 1.96. The summed E-state index contributed by atoms with van der Waals surface area (Å²) in [5.74, 6) is 3.33. The summed E-state index contributed by atoms with van der Waals surface area (Å²) in [6.45, 7) is 6.68. The molecule has 0 bridgehead atoms. The summed E-state index contributed by atoms with van der Waals surface area (Å²) in [4.78, 5) is 9.25. The highest BCUT2D eigenvalue weighted by Crippen LogP contribution is 2.32. The maximum atomic E-state index is 6.14. The van der Waals surface area contributed by atoms with Crippen molar-refractivity contribution in [3.05, 3.63) is 48.2 Å². The van der Waals surface area contributed by atoms with Gasteiger partial charge in [0.2, 0.25) is 5.88 Å². The van der Waals surface area contributed by atoms with Crippen LogP contribution in [-0.2, 0) is 0 Å². The third-order valence-corrected chi connectivity index (χ3v) is 4.09. The molecule has 0 aliphatic carbocycles. The van der Waals surface area contributed by atoms with E-state index in [2.05, 4.69) is 24.1 Å². The summed E-state index contributed by atoms with van der Waals surface area (Å²) in [5.41, 5.74) is 0.877. The van der Waals surface area contributed by atoms with Gasteiger partial charge in [0, 0.05) is 19.3 Å². The number of aliphatic imine (C=N–C) groups is 1. The molecule has 1 aliphatic heterocycles. The van der Waals surface area contributed by atoms with Gasteiger partial charge in [0.15, 0.2) is 11.5 Å². The van der Waals surface area contributed by atoms with E-state index >= 15 is 0 Å². The molecule has 0 saturated heterocycles. The van der Waals surface area contributed by atoms with Crippen LogP contribution in [0.5, 0.6) is 17.4 Å². The predicted molar refractivity (Wildman–Crippen MR) is 104 cm³/mol. The Morgan fingerprint density at radius 3 is 2.73 bits per heavy atom. The first-order valence-electron chi connectivity index (χ1n) is 9.37. The van der Waals surface area contributed by atoms with Crippen LogP contribution >= 0.6 is 0 Å². The summed E-state index contributed by atoms with van der Waals surface area (Å²) in [7, 11) is 0. The van der Waals surface area contributed by atoms with Gasteiger partial charge in [0.1, 0.15) is 5.84 Å². The highest BCUT2D eigenvalue weighted by Gasteiger charge is 2.15. The summed E-state index contributed by atoms with van der Waals surface area (Å²) < 4.78 is 12.1. The van der Waals surface area contributed by atoms with Gasteiger partial charge >= 0.3 is 0 Å². The largest absolute Gasteiger partial charge is 0.490 e. The molecular formula is C21H27N3O2. The van der Waals surface area contributed by atoms with Crippen LogP contribution in [0.15, 0.2) is 47.6 Å². The fourth-order valence-corrected chi connectivity index (χ4v) is 2.71. The lowest BCUT2D eigenvalue weighted by molar-refractivity contribution is 0.291. The van der Waals surface area contributed by atoms with E-state index in [4.69, 9.17) is 14.5 Å². The van der Waals surface area contributed by atoms with Crippen molar-refractivity contribution in [2.75, 3.05) is 19.7 Å². The van der Waals surface area contributed by atoms with Crippen molar-refractivity contribution in [1.29, 1.82) is 0 Å². The number of benzene rings is 1. The van der Waals surface area contributed by atoms with Gasteiger partial charge in [0.25, 0.3) is 0 Å². The van der Waals surface area contributed by atoms with Crippen molar-refractivity contribution in [2.24, 2.45) is 10.9 Å². The Labute approximate surface area is 155 Å². The van der Waals surface area contributed by atoms with Crippen molar-refractivity contribution in [1.82, 2.24) is 10.3 Å². The molecule has 1 aliphatic rings. The Morgan fingerprint density at radius 1 is 1.04 bits per heavy atom. The number of para-hydroxylation sites is 2. The number of amidine groups is 1. The molecule has 1 aromatic heterocycles. The molecule has 0 spiro atoms. The van der Waals surface area contributed by atoms with Crippen LogP contribution in [0.3, 0.4) is 0 Å². The topological polar surface area (TPSA) is 55.7 Å². The number of pyridine rings is 1. The standard InChI is InChI=1S/C21H27N3O2/c1-16(2)15-24-20-17-9-8-13-23-21(17)26-19-11-5-4-10-18(19)25-14-7-3-6-12-22-20/h4-5,8-11,13,16H,3,6-7,12,14-15H2,1-2H3,(H,22,24). The zero-order valence-corrected chi connectivity index (χ0v) is 15.6. The number of nitrogens with one attached hydrogen (secondary N) is 1. The zero-order chi connectivity index (χ0) is 18.2. The van der Waals surface area contributed by atoms with E-state index in [-0.39, 0.29) is 0 Å². The summed E-state index contributed by atoms with van der Waals surface area (Å²) in [5, 5.41) is 3.47. The van der Waals surface area contributed by atoms with Crippen LogP contribution in [0.4, 0.5) is 0 Å². The molecule has 0 atom stereocenters. The van der Waals surface area contributed by atoms with E-state index in [9.17, 15) is 0 Å². The highest BCUT2D eigenvalue weighted by atomic mass is 16.5. The van der Waals surface area contributed by atoms with Crippen LogP contribution in [0.2, 0.25) is 0 Å². The van der Waals surface area contributed by atoms with Crippen LogP contribution in [0, 0.1) is 5.92 Å². The molecule has 26 heavy (non-hydrogen) atoms. The van der Waals surface area contributed by atoms with Gasteiger partial charge in [-0.2, -0.15) is 0 Å². The van der Waals surface area contributed by atoms with Gasteiger partial charge in [-0.05, 0) is 49.4 Å². The molecule has 0 unspecified atom stereocenters. The second-order valence-electron chi connectivity index (χ2n) is 6.82. The van der Waals surface area contributed by atoms with Crippen molar-refractivity contribution >= 4 is 5.84 Å². The Morgan fingerprint density at radius 2 is 1.88 bits per heavy atom. The van der Waals surface area contributed by atoms with Gasteiger partial charge in [-0.1, -0.05) is 26.0 Å². The third-order valence-electron chi connectivity index (χ3n) is 4.09. The molecular weight excluding hydrogens is 326 g/mol. The molecule has 0 amide bonds. The van der Waals surface area contributed by atoms with E-state index < -0.39 is 0 Å². The van der Waals surface area contributed by atoms with Crippen molar-refractivity contribution < 1.29 is 9.47 Å². The molecule has 2 aromatic rings. The van der Waals surface area contributed by atoms with Crippen LogP contribution in [0.25, 0.3) is 0 Å². The molecule has 5 nitrogen and oxygen atoms in total. The normalized spacial score (nSPS) is 15.1. The number of fused-ring (bicyclic) bond motifs is 2. The molecule has 2 heterocycles. The van der Waals surface area contributed by atoms with Crippen molar-refractivity contribution in [2.45, 2.75) is 33.1 Å². The number of aromatic nitrogens is 1. The minimum absolute atomic E-state index is 0.525. The maximum Gasteiger partial charge on any atom is 0.230 e. The van der Waals surface area contributed by atoms with E-state index in [1.165, 1.54) is 0 Å². The predicted octanol–water partition coefficient (Wildman–Crippen LogP) is 4.43.